The Bertz CT molecular complexity index is 292. The molecule has 1 atom stereocenters. The molecule has 0 aliphatic carbocycles. The van der Waals surface area contributed by atoms with Crippen molar-refractivity contribution in [2.75, 3.05) is 19.3 Å². The lowest BCUT2D eigenvalue weighted by atomic mass is 10.1. The van der Waals surface area contributed by atoms with Gasteiger partial charge in [-0.05, 0) is 27.2 Å². The van der Waals surface area contributed by atoms with Gasteiger partial charge in [0.1, 0.15) is 0 Å². The molecule has 14 heavy (non-hydrogen) atoms. The van der Waals surface area contributed by atoms with E-state index in [2.05, 4.69) is 30.4 Å². The summed E-state index contributed by atoms with van der Waals surface area (Å²) in [5, 5.41) is 0. The third-order valence-corrected chi connectivity index (χ3v) is 3.28. The van der Waals surface area contributed by atoms with Crippen molar-refractivity contribution in [3.63, 3.8) is 0 Å². The summed E-state index contributed by atoms with van der Waals surface area (Å²) in [5.41, 5.74) is 0.133. The number of hydrogen-bond donors (Lipinski definition) is 1. The molecule has 1 heterocycles. The van der Waals surface area contributed by atoms with E-state index in [9.17, 15) is 8.42 Å². The molecule has 5 heteroatoms. The third kappa shape index (κ3) is 3.55. The Kier molecular flexibility index (Phi) is 3.23. The largest absolute Gasteiger partial charge is 0.297 e. The van der Waals surface area contributed by atoms with Crippen LogP contribution < -0.4 is 4.72 Å². The van der Waals surface area contributed by atoms with Gasteiger partial charge in [-0.15, -0.1) is 0 Å². The number of sulfonamides is 1. The third-order valence-electron chi connectivity index (χ3n) is 2.52. The second kappa shape index (κ2) is 3.79. The normalized spacial score (nSPS) is 25.6. The van der Waals surface area contributed by atoms with Gasteiger partial charge in [-0.2, -0.15) is 0 Å². The Balaban J connectivity index is 2.50. The first kappa shape index (κ1) is 11.9. The molecular formula is C9H20N2O2S. The van der Waals surface area contributed by atoms with Crippen LogP contribution in [0.2, 0.25) is 0 Å². The first-order chi connectivity index (χ1) is 6.18. The molecule has 0 aromatic carbocycles. The molecule has 0 radical (unpaired) electrons. The van der Waals surface area contributed by atoms with Crippen LogP contribution in [0.5, 0.6) is 0 Å². The summed E-state index contributed by atoms with van der Waals surface area (Å²) in [6.07, 6.45) is 2.12. The van der Waals surface area contributed by atoms with Crippen LogP contribution in [0.15, 0.2) is 0 Å². The zero-order valence-corrected chi connectivity index (χ0v) is 10.2. The zero-order valence-electron chi connectivity index (χ0n) is 9.37. The van der Waals surface area contributed by atoms with E-state index in [1.54, 1.807) is 0 Å². The molecule has 0 bridgehead atoms. The molecule has 1 aliphatic heterocycles. The standard InChI is InChI=1S/C9H20N2O2S/c1-9(2,3)11-6-5-8(7-11)10-14(4,12)13/h8,10H,5-7H2,1-4H3. The van der Waals surface area contributed by atoms with Crippen LogP contribution in [-0.4, -0.2) is 44.2 Å². The highest BCUT2D eigenvalue weighted by Gasteiger charge is 2.31. The number of rotatable bonds is 2. The van der Waals surface area contributed by atoms with Gasteiger partial charge in [0.25, 0.3) is 0 Å². The average Bonchev–Trinajstić information content (AvgIpc) is 2.29. The van der Waals surface area contributed by atoms with Crippen molar-refractivity contribution in [3.8, 4) is 0 Å². The number of hydrogen-bond acceptors (Lipinski definition) is 3. The summed E-state index contributed by atoms with van der Waals surface area (Å²) in [5.74, 6) is 0. The average molecular weight is 220 g/mol. The molecule has 1 fully saturated rings. The van der Waals surface area contributed by atoms with Gasteiger partial charge in [-0.3, -0.25) is 4.90 Å². The quantitative estimate of drug-likeness (QED) is 0.733. The zero-order chi connectivity index (χ0) is 11.0. The van der Waals surface area contributed by atoms with Gasteiger partial charge in [-0.25, -0.2) is 13.1 Å². The van der Waals surface area contributed by atoms with Crippen molar-refractivity contribution in [2.45, 2.75) is 38.8 Å². The molecule has 0 spiro atoms. The second-order valence-corrected chi connectivity index (χ2v) is 6.77. The topological polar surface area (TPSA) is 49.4 Å². The molecule has 4 nitrogen and oxygen atoms in total. The van der Waals surface area contributed by atoms with Crippen LogP contribution in [0.1, 0.15) is 27.2 Å². The number of nitrogens with zero attached hydrogens (tertiary/aromatic N) is 1. The van der Waals surface area contributed by atoms with Crippen molar-refractivity contribution in [2.24, 2.45) is 0 Å². The van der Waals surface area contributed by atoms with Crippen LogP contribution in [0, 0.1) is 0 Å². The molecule has 84 valence electrons. The second-order valence-electron chi connectivity index (χ2n) is 4.99. The van der Waals surface area contributed by atoms with Gasteiger partial charge < -0.3 is 0 Å². The summed E-state index contributed by atoms with van der Waals surface area (Å²) in [6, 6.07) is 0.0872. The van der Waals surface area contributed by atoms with Crippen molar-refractivity contribution in [1.29, 1.82) is 0 Å². The fourth-order valence-corrected chi connectivity index (χ4v) is 2.57. The van der Waals surface area contributed by atoms with Gasteiger partial charge >= 0.3 is 0 Å². The van der Waals surface area contributed by atoms with Crippen LogP contribution >= 0.6 is 0 Å². The highest BCUT2D eigenvalue weighted by molar-refractivity contribution is 7.88. The highest BCUT2D eigenvalue weighted by atomic mass is 32.2. The number of likely N-dealkylation sites (tertiary alicyclic amines) is 1. The maximum Gasteiger partial charge on any atom is 0.208 e. The van der Waals surface area contributed by atoms with Crippen LogP contribution in [0.3, 0.4) is 0 Å². The Morgan fingerprint density at radius 1 is 1.36 bits per heavy atom. The van der Waals surface area contributed by atoms with Crippen LogP contribution in [0.4, 0.5) is 0 Å². The van der Waals surface area contributed by atoms with E-state index in [-0.39, 0.29) is 11.6 Å². The van der Waals surface area contributed by atoms with E-state index in [4.69, 9.17) is 0 Å². The smallest absolute Gasteiger partial charge is 0.208 e. The minimum atomic E-state index is -3.05. The molecule has 1 rings (SSSR count). The van der Waals surface area contributed by atoms with E-state index >= 15 is 0 Å². The molecule has 1 unspecified atom stereocenters. The fourth-order valence-electron chi connectivity index (χ4n) is 1.77. The molecule has 0 saturated carbocycles. The number of nitrogens with one attached hydrogen (secondary N) is 1. The Morgan fingerprint density at radius 3 is 2.29 bits per heavy atom. The predicted octanol–water partition coefficient (Wildman–Crippen LogP) is 0.408. The molecule has 1 N–H and O–H groups in total. The monoisotopic (exact) mass is 220 g/mol. The van der Waals surface area contributed by atoms with E-state index in [0.29, 0.717) is 0 Å². The lowest BCUT2D eigenvalue weighted by Gasteiger charge is -2.31. The van der Waals surface area contributed by atoms with Gasteiger partial charge in [-0.1, -0.05) is 0 Å². The predicted molar refractivity (Wildman–Crippen MR) is 57.7 cm³/mol. The molecule has 0 amide bonds. The van der Waals surface area contributed by atoms with Gasteiger partial charge in [0.05, 0.1) is 6.26 Å². The molecule has 1 saturated heterocycles. The van der Waals surface area contributed by atoms with E-state index in [0.717, 1.165) is 19.5 Å². The van der Waals surface area contributed by atoms with E-state index < -0.39 is 10.0 Å². The summed E-state index contributed by atoms with van der Waals surface area (Å²) >= 11 is 0. The minimum Gasteiger partial charge on any atom is -0.297 e. The lowest BCUT2D eigenvalue weighted by molar-refractivity contribution is 0.172. The summed E-state index contributed by atoms with van der Waals surface area (Å²) in [7, 11) is -3.05. The Labute approximate surface area is 86.7 Å². The molecule has 1 aliphatic rings. The maximum atomic E-state index is 11.0. The van der Waals surface area contributed by atoms with Gasteiger partial charge in [0, 0.05) is 24.7 Å². The first-order valence-corrected chi connectivity index (χ1v) is 6.80. The van der Waals surface area contributed by atoms with Gasteiger partial charge in [0.15, 0.2) is 0 Å². The maximum absolute atomic E-state index is 11.0. The highest BCUT2D eigenvalue weighted by Crippen LogP contribution is 2.20. The van der Waals surface area contributed by atoms with Crippen molar-refractivity contribution < 1.29 is 8.42 Å². The van der Waals surface area contributed by atoms with Crippen LogP contribution in [0.25, 0.3) is 0 Å². The van der Waals surface area contributed by atoms with E-state index in [1.165, 1.54) is 6.26 Å². The summed E-state index contributed by atoms with van der Waals surface area (Å²) in [6.45, 7) is 8.23. The van der Waals surface area contributed by atoms with Crippen molar-refractivity contribution in [1.82, 2.24) is 9.62 Å². The fraction of sp³-hybridized carbons (Fsp3) is 1.00. The van der Waals surface area contributed by atoms with E-state index in [1.807, 2.05) is 0 Å². The molecule has 0 aromatic heterocycles. The summed E-state index contributed by atoms with van der Waals surface area (Å²) in [4.78, 5) is 2.30. The minimum absolute atomic E-state index is 0.0872. The van der Waals surface area contributed by atoms with Gasteiger partial charge in [0.2, 0.25) is 10.0 Å². The Hall–Kier alpha value is -0.130. The first-order valence-electron chi connectivity index (χ1n) is 4.91. The summed E-state index contributed by atoms with van der Waals surface area (Å²) < 4.78 is 24.7. The van der Waals surface area contributed by atoms with Crippen molar-refractivity contribution >= 4 is 10.0 Å². The lowest BCUT2D eigenvalue weighted by Crippen LogP contribution is -2.43. The Morgan fingerprint density at radius 2 is 1.93 bits per heavy atom. The SMILES string of the molecule is CC(C)(C)N1CCC(NS(C)(=O)=O)C1. The van der Waals surface area contributed by atoms with Crippen molar-refractivity contribution in [3.05, 3.63) is 0 Å². The molecular weight excluding hydrogens is 200 g/mol. The molecule has 0 aromatic rings. The van der Waals surface area contributed by atoms with Crippen LogP contribution in [-0.2, 0) is 10.0 Å².